The van der Waals surface area contributed by atoms with Gasteiger partial charge in [-0.25, -0.2) is 4.79 Å². The minimum atomic E-state index is -0.517. The molecule has 0 saturated heterocycles. The van der Waals surface area contributed by atoms with Crippen LogP contribution in [0.15, 0.2) is 16.5 Å². The Hall–Kier alpha value is -1.68. The summed E-state index contributed by atoms with van der Waals surface area (Å²) >= 11 is 5.80. The molecular formula is C12H11ClO4. The van der Waals surface area contributed by atoms with E-state index in [0.29, 0.717) is 16.5 Å². The Bertz CT molecular complexity index is 586. The summed E-state index contributed by atoms with van der Waals surface area (Å²) in [5.74, 6) is -0.455. The number of halogens is 1. The molecule has 90 valence electrons. The first-order valence-electron chi connectivity index (χ1n) is 5.13. The highest BCUT2D eigenvalue weighted by Gasteiger charge is 2.19. The minimum Gasteiger partial charge on any atom is -0.506 e. The maximum Gasteiger partial charge on any atom is 0.374 e. The van der Waals surface area contributed by atoms with Crippen LogP contribution in [0.3, 0.4) is 0 Å². The van der Waals surface area contributed by atoms with Crippen molar-refractivity contribution >= 4 is 28.5 Å². The number of hydrogen-bond donors (Lipinski definition) is 1. The SMILES string of the molecule is CCOC(=O)c1oc2cc(O)c(Cl)cc2c1C. The smallest absolute Gasteiger partial charge is 0.374 e. The van der Waals surface area contributed by atoms with Crippen molar-refractivity contribution < 1.29 is 19.1 Å². The average molecular weight is 255 g/mol. The monoisotopic (exact) mass is 254 g/mol. The van der Waals surface area contributed by atoms with Gasteiger partial charge in [0.05, 0.1) is 11.6 Å². The van der Waals surface area contributed by atoms with Crippen LogP contribution in [0.1, 0.15) is 23.0 Å². The van der Waals surface area contributed by atoms with Crippen molar-refractivity contribution in [1.29, 1.82) is 0 Å². The third kappa shape index (κ3) is 1.96. The van der Waals surface area contributed by atoms with Crippen LogP contribution in [-0.2, 0) is 4.74 Å². The summed E-state index contributed by atoms with van der Waals surface area (Å²) in [6.45, 7) is 3.74. The van der Waals surface area contributed by atoms with E-state index in [1.54, 1.807) is 19.9 Å². The van der Waals surface area contributed by atoms with Gasteiger partial charge in [0.2, 0.25) is 5.76 Å². The number of fused-ring (bicyclic) bond motifs is 1. The molecule has 0 aliphatic heterocycles. The number of ether oxygens (including phenoxy) is 1. The standard InChI is InChI=1S/C12H11ClO4/c1-3-16-12(15)11-6(2)7-4-8(13)9(14)5-10(7)17-11/h4-5,14H,3H2,1-2H3. The van der Waals surface area contributed by atoms with E-state index in [2.05, 4.69) is 0 Å². The molecule has 0 amide bonds. The van der Waals surface area contributed by atoms with E-state index in [1.807, 2.05) is 0 Å². The van der Waals surface area contributed by atoms with Crippen LogP contribution in [0, 0.1) is 6.92 Å². The molecule has 2 aromatic rings. The van der Waals surface area contributed by atoms with Crippen molar-refractivity contribution in [2.45, 2.75) is 13.8 Å². The molecule has 0 radical (unpaired) electrons. The van der Waals surface area contributed by atoms with Crippen molar-refractivity contribution in [3.8, 4) is 5.75 Å². The summed E-state index contributed by atoms with van der Waals surface area (Å²) in [5, 5.41) is 10.4. The maximum absolute atomic E-state index is 11.6. The number of aryl methyl sites for hydroxylation is 1. The number of furan rings is 1. The van der Waals surface area contributed by atoms with Gasteiger partial charge in [0.15, 0.2) is 0 Å². The highest BCUT2D eigenvalue weighted by molar-refractivity contribution is 6.32. The molecule has 0 aliphatic rings. The largest absolute Gasteiger partial charge is 0.506 e. The third-order valence-corrected chi connectivity index (χ3v) is 2.77. The first-order valence-corrected chi connectivity index (χ1v) is 5.51. The van der Waals surface area contributed by atoms with Crippen LogP contribution in [0.4, 0.5) is 0 Å². The van der Waals surface area contributed by atoms with Crippen LogP contribution < -0.4 is 0 Å². The van der Waals surface area contributed by atoms with E-state index >= 15 is 0 Å². The average Bonchev–Trinajstić information content (AvgIpc) is 2.58. The van der Waals surface area contributed by atoms with Gasteiger partial charge in [-0.2, -0.15) is 0 Å². The first-order chi connectivity index (χ1) is 8.04. The molecule has 1 aromatic heterocycles. The highest BCUT2D eigenvalue weighted by atomic mass is 35.5. The fourth-order valence-electron chi connectivity index (χ4n) is 1.62. The van der Waals surface area contributed by atoms with Crippen molar-refractivity contribution in [3.05, 3.63) is 28.5 Å². The second-order valence-electron chi connectivity index (χ2n) is 3.58. The second-order valence-corrected chi connectivity index (χ2v) is 3.98. The molecule has 0 spiro atoms. The first kappa shape index (κ1) is 11.8. The van der Waals surface area contributed by atoms with Crippen LogP contribution in [0.2, 0.25) is 5.02 Å². The lowest BCUT2D eigenvalue weighted by molar-refractivity contribution is 0.0491. The molecule has 0 saturated carbocycles. The van der Waals surface area contributed by atoms with Gasteiger partial charge < -0.3 is 14.3 Å². The predicted molar refractivity (Wildman–Crippen MR) is 63.6 cm³/mol. The van der Waals surface area contributed by atoms with Crippen molar-refractivity contribution in [3.63, 3.8) is 0 Å². The molecule has 0 fully saturated rings. The zero-order valence-corrected chi connectivity index (χ0v) is 10.2. The molecule has 0 aliphatic carbocycles. The molecule has 1 N–H and O–H groups in total. The van der Waals surface area contributed by atoms with Crippen LogP contribution in [0.25, 0.3) is 11.0 Å². The number of aromatic hydroxyl groups is 1. The lowest BCUT2D eigenvalue weighted by atomic mass is 10.1. The molecule has 0 atom stereocenters. The minimum absolute atomic E-state index is 0.0803. The lowest BCUT2D eigenvalue weighted by Crippen LogP contribution is -2.04. The number of rotatable bonds is 2. The fraction of sp³-hybridized carbons (Fsp3) is 0.250. The quantitative estimate of drug-likeness (QED) is 0.836. The van der Waals surface area contributed by atoms with Gasteiger partial charge in [0.1, 0.15) is 11.3 Å². The number of benzene rings is 1. The van der Waals surface area contributed by atoms with Gasteiger partial charge in [0.25, 0.3) is 0 Å². The molecular weight excluding hydrogens is 244 g/mol. The lowest BCUT2D eigenvalue weighted by Gasteiger charge is -1.97. The highest BCUT2D eigenvalue weighted by Crippen LogP contribution is 2.33. The Labute approximate surface area is 103 Å². The summed E-state index contributed by atoms with van der Waals surface area (Å²) in [4.78, 5) is 11.6. The molecule has 1 heterocycles. The second kappa shape index (κ2) is 4.30. The number of carbonyl (C=O) groups is 1. The van der Waals surface area contributed by atoms with Gasteiger partial charge >= 0.3 is 5.97 Å². The normalized spacial score (nSPS) is 10.8. The van der Waals surface area contributed by atoms with E-state index in [9.17, 15) is 9.90 Å². The van der Waals surface area contributed by atoms with Gasteiger partial charge in [-0.15, -0.1) is 0 Å². The van der Waals surface area contributed by atoms with E-state index in [4.69, 9.17) is 20.8 Å². The summed E-state index contributed by atoms with van der Waals surface area (Å²) in [6, 6.07) is 2.95. The summed E-state index contributed by atoms with van der Waals surface area (Å²) in [5.41, 5.74) is 1.06. The Morgan fingerprint density at radius 3 is 2.88 bits per heavy atom. The Balaban J connectivity index is 2.60. The number of hydrogen-bond acceptors (Lipinski definition) is 4. The molecule has 17 heavy (non-hydrogen) atoms. The van der Waals surface area contributed by atoms with E-state index in [-0.39, 0.29) is 23.1 Å². The zero-order chi connectivity index (χ0) is 12.6. The molecule has 1 aromatic carbocycles. The van der Waals surface area contributed by atoms with Crippen LogP contribution in [-0.4, -0.2) is 17.7 Å². The van der Waals surface area contributed by atoms with E-state index in [0.717, 1.165) is 0 Å². The van der Waals surface area contributed by atoms with Gasteiger partial charge in [0, 0.05) is 17.0 Å². The zero-order valence-electron chi connectivity index (χ0n) is 9.41. The van der Waals surface area contributed by atoms with Crippen molar-refractivity contribution in [2.75, 3.05) is 6.61 Å². The number of phenolic OH excluding ortho intramolecular Hbond substituents is 1. The summed E-state index contributed by atoms with van der Waals surface area (Å²) in [6.07, 6.45) is 0. The van der Waals surface area contributed by atoms with Gasteiger partial charge in [-0.05, 0) is 19.9 Å². The molecule has 0 unspecified atom stereocenters. The molecule has 0 bridgehead atoms. The third-order valence-electron chi connectivity index (χ3n) is 2.47. The van der Waals surface area contributed by atoms with Crippen LogP contribution in [0.5, 0.6) is 5.75 Å². The summed E-state index contributed by atoms with van der Waals surface area (Å²) in [7, 11) is 0. The maximum atomic E-state index is 11.6. The molecule has 5 heteroatoms. The fourth-order valence-corrected chi connectivity index (χ4v) is 1.78. The molecule has 2 rings (SSSR count). The van der Waals surface area contributed by atoms with Crippen LogP contribution >= 0.6 is 11.6 Å². The Kier molecular flexibility index (Phi) is 2.98. The van der Waals surface area contributed by atoms with Gasteiger partial charge in [-0.3, -0.25) is 0 Å². The van der Waals surface area contributed by atoms with Crippen molar-refractivity contribution in [1.82, 2.24) is 0 Å². The van der Waals surface area contributed by atoms with E-state index < -0.39 is 5.97 Å². The number of esters is 1. The Morgan fingerprint density at radius 1 is 1.53 bits per heavy atom. The topological polar surface area (TPSA) is 59.7 Å². The van der Waals surface area contributed by atoms with Crippen molar-refractivity contribution in [2.24, 2.45) is 0 Å². The molecule has 4 nitrogen and oxygen atoms in total. The Morgan fingerprint density at radius 2 is 2.24 bits per heavy atom. The predicted octanol–water partition coefficient (Wildman–Crippen LogP) is 3.28. The summed E-state index contributed by atoms with van der Waals surface area (Å²) < 4.78 is 10.2. The van der Waals surface area contributed by atoms with E-state index in [1.165, 1.54) is 6.07 Å². The number of phenols is 1. The van der Waals surface area contributed by atoms with Gasteiger partial charge in [-0.1, -0.05) is 11.6 Å². The number of carbonyl (C=O) groups excluding carboxylic acids is 1.